The highest BCUT2D eigenvalue weighted by Crippen LogP contribution is 2.27. The number of nitrogens with zero attached hydrogens (tertiary/aromatic N) is 2. The first-order valence-electron chi connectivity index (χ1n) is 8.53. The minimum absolute atomic E-state index is 0.0394. The van der Waals surface area contributed by atoms with Gasteiger partial charge in [-0.05, 0) is 29.8 Å². The maximum Gasteiger partial charge on any atom is 0.224 e. The van der Waals surface area contributed by atoms with Gasteiger partial charge in [0.05, 0.1) is 32.0 Å². The minimum atomic E-state index is -0.0394. The molecule has 3 aromatic rings. The molecular weight excluding hydrogens is 362 g/mol. The van der Waals surface area contributed by atoms with Gasteiger partial charge in [-0.2, -0.15) is 0 Å². The Morgan fingerprint density at radius 1 is 1.15 bits per heavy atom. The summed E-state index contributed by atoms with van der Waals surface area (Å²) in [7, 11) is 3.16. The Hall–Kier alpha value is -2.93. The third kappa shape index (κ3) is 5.04. The normalized spacial score (nSPS) is 10.4. The molecule has 0 aliphatic rings. The molecule has 27 heavy (non-hydrogen) atoms. The van der Waals surface area contributed by atoms with Crippen molar-refractivity contribution < 1.29 is 14.3 Å². The van der Waals surface area contributed by atoms with Crippen LogP contribution in [-0.4, -0.2) is 36.6 Å². The number of thiazole rings is 1. The molecule has 2 heterocycles. The molecule has 0 aliphatic heterocycles. The highest BCUT2D eigenvalue weighted by molar-refractivity contribution is 7.13. The van der Waals surface area contributed by atoms with Crippen molar-refractivity contribution in [3.05, 3.63) is 59.2 Å². The van der Waals surface area contributed by atoms with Gasteiger partial charge in [0.2, 0.25) is 5.91 Å². The molecular formula is C20H21N3O3S. The molecule has 0 bridgehead atoms. The van der Waals surface area contributed by atoms with Crippen molar-refractivity contribution in [3.63, 3.8) is 0 Å². The van der Waals surface area contributed by atoms with Crippen LogP contribution in [0.25, 0.3) is 10.7 Å². The number of amides is 1. The molecule has 6 nitrogen and oxygen atoms in total. The van der Waals surface area contributed by atoms with Crippen molar-refractivity contribution in [3.8, 4) is 22.2 Å². The molecule has 7 heteroatoms. The van der Waals surface area contributed by atoms with Crippen LogP contribution in [0.2, 0.25) is 0 Å². The lowest BCUT2D eigenvalue weighted by molar-refractivity contribution is -0.120. The Balaban J connectivity index is 1.49. The summed E-state index contributed by atoms with van der Waals surface area (Å²) in [6.07, 6.45) is 2.72. The lowest BCUT2D eigenvalue weighted by Gasteiger charge is -2.09. The Morgan fingerprint density at radius 2 is 2.00 bits per heavy atom. The van der Waals surface area contributed by atoms with Crippen LogP contribution in [0.15, 0.2) is 48.0 Å². The van der Waals surface area contributed by atoms with E-state index in [0.717, 1.165) is 22.0 Å². The SMILES string of the molecule is COc1ccc(CC(=O)NCCc2csc(-c3ccccn3)n2)cc1OC. The number of nitrogens with one attached hydrogen (secondary N) is 1. The van der Waals surface area contributed by atoms with E-state index >= 15 is 0 Å². The van der Waals surface area contributed by atoms with E-state index in [2.05, 4.69) is 15.3 Å². The summed E-state index contributed by atoms with van der Waals surface area (Å²) in [5, 5.41) is 5.83. The molecule has 0 spiro atoms. The molecule has 0 saturated carbocycles. The number of benzene rings is 1. The first-order chi connectivity index (χ1) is 13.2. The Bertz CT molecular complexity index is 896. The van der Waals surface area contributed by atoms with E-state index in [-0.39, 0.29) is 12.3 Å². The zero-order valence-electron chi connectivity index (χ0n) is 15.3. The number of aromatic nitrogens is 2. The maximum absolute atomic E-state index is 12.2. The molecule has 1 amide bonds. The third-order valence-electron chi connectivity index (χ3n) is 3.95. The van der Waals surface area contributed by atoms with E-state index in [1.165, 1.54) is 0 Å². The molecule has 0 fully saturated rings. The van der Waals surface area contributed by atoms with Crippen molar-refractivity contribution in [2.75, 3.05) is 20.8 Å². The van der Waals surface area contributed by atoms with Crippen molar-refractivity contribution in [2.24, 2.45) is 0 Å². The summed E-state index contributed by atoms with van der Waals surface area (Å²) in [6, 6.07) is 11.2. The van der Waals surface area contributed by atoms with E-state index in [9.17, 15) is 4.79 Å². The number of methoxy groups -OCH3 is 2. The van der Waals surface area contributed by atoms with Crippen LogP contribution in [0, 0.1) is 0 Å². The molecule has 2 aromatic heterocycles. The van der Waals surface area contributed by atoms with Crippen molar-refractivity contribution in [1.29, 1.82) is 0 Å². The molecule has 140 valence electrons. The topological polar surface area (TPSA) is 73.3 Å². The molecule has 0 saturated heterocycles. The Labute approximate surface area is 162 Å². The number of carbonyl (C=O) groups is 1. The zero-order chi connectivity index (χ0) is 19.1. The second-order valence-corrected chi connectivity index (χ2v) is 6.68. The van der Waals surface area contributed by atoms with Crippen LogP contribution in [-0.2, 0) is 17.6 Å². The second-order valence-electron chi connectivity index (χ2n) is 5.83. The van der Waals surface area contributed by atoms with Gasteiger partial charge in [0.1, 0.15) is 5.01 Å². The molecule has 0 radical (unpaired) electrons. The quantitative estimate of drug-likeness (QED) is 0.647. The predicted molar refractivity (Wildman–Crippen MR) is 105 cm³/mol. The number of carbonyl (C=O) groups excluding carboxylic acids is 1. The molecule has 0 aliphatic carbocycles. The van der Waals surface area contributed by atoms with Gasteiger partial charge in [0.15, 0.2) is 11.5 Å². The van der Waals surface area contributed by atoms with Crippen molar-refractivity contribution in [2.45, 2.75) is 12.8 Å². The Morgan fingerprint density at radius 3 is 2.74 bits per heavy atom. The third-order valence-corrected chi connectivity index (χ3v) is 4.87. The molecule has 1 N–H and O–H groups in total. The largest absolute Gasteiger partial charge is 0.493 e. The number of ether oxygens (including phenoxy) is 2. The van der Waals surface area contributed by atoms with Crippen molar-refractivity contribution in [1.82, 2.24) is 15.3 Å². The number of pyridine rings is 1. The number of hydrogen-bond acceptors (Lipinski definition) is 6. The van der Waals surface area contributed by atoms with Gasteiger partial charge in [-0.3, -0.25) is 9.78 Å². The molecule has 0 atom stereocenters. The minimum Gasteiger partial charge on any atom is -0.493 e. The van der Waals surface area contributed by atoms with Crippen molar-refractivity contribution >= 4 is 17.2 Å². The molecule has 3 rings (SSSR count). The summed E-state index contributed by atoms with van der Waals surface area (Å²) in [5.41, 5.74) is 2.69. The van der Waals surface area contributed by atoms with Gasteiger partial charge in [-0.1, -0.05) is 12.1 Å². The Kier molecular flexibility index (Phi) is 6.38. The average Bonchev–Trinajstić information content (AvgIpc) is 3.17. The average molecular weight is 383 g/mol. The first-order valence-corrected chi connectivity index (χ1v) is 9.41. The van der Waals surface area contributed by atoms with Crippen LogP contribution in [0.1, 0.15) is 11.3 Å². The highest BCUT2D eigenvalue weighted by Gasteiger charge is 2.09. The van der Waals surface area contributed by atoms with Crippen LogP contribution >= 0.6 is 11.3 Å². The van der Waals surface area contributed by atoms with Crippen LogP contribution in [0.3, 0.4) is 0 Å². The van der Waals surface area contributed by atoms with Crippen LogP contribution < -0.4 is 14.8 Å². The monoisotopic (exact) mass is 383 g/mol. The fraction of sp³-hybridized carbons (Fsp3) is 0.250. The standard InChI is InChI=1S/C20H21N3O3S/c1-25-17-7-6-14(11-18(17)26-2)12-19(24)22-10-8-15-13-27-20(23-15)16-5-3-4-9-21-16/h3-7,9,11,13H,8,10,12H2,1-2H3,(H,22,24). The van der Waals surface area contributed by atoms with Gasteiger partial charge < -0.3 is 14.8 Å². The summed E-state index contributed by atoms with van der Waals surface area (Å²) in [4.78, 5) is 21.1. The molecule has 1 aromatic carbocycles. The fourth-order valence-electron chi connectivity index (χ4n) is 2.60. The summed E-state index contributed by atoms with van der Waals surface area (Å²) < 4.78 is 10.5. The lowest BCUT2D eigenvalue weighted by Crippen LogP contribution is -2.27. The van der Waals surface area contributed by atoms with Crippen LogP contribution in [0.4, 0.5) is 0 Å². The van der Waals surface area contributed by atoms with E-state index in [4.69, 9.17) is 9.47 Å². The number of rotatable bonds is 8. The van der Waals surface area contributed by atoms with Crippen LogP contribution in [0.5, 0.6) is 11.5 Å². The van der Waals surface area contributed by atoms with Gasteiger partial charge in [-0.25, -0.2) is 4.98 Å². The summed E-state index contributed by atoms with van der Waals surface area (Å²) >= 11 is 1.56. The van der Waals surface area contributed by atoms with E-state index < -0.39 is 0 Å². The fourth-order valence-corrected chi connectivity index (χ4v) is 3.43. The van der Waals surface area contributed by atoms with Gasteiger partial charge in [0.25, 0.3) is 0 Å². The second kappa shape index (κ2) is 9.14. The van der Waals surface area contributed by atoms with Gasteiger partial charge >= 0.3 is 0 Å². The maximum atomic E-state index is 12.2. The summed E-state index contributed by atoms with van der Waals surface area (Å²) in [6.45, 7) is 0.539. The number of hydrogen-bond donors (Lipinski definition) is 1. The first kappa shape index (κ1) is 18.8. The molecule has 0 unspecified atom stereocenters. The van der Waals surface area contributed by atoms with E-state index in [0.29, 0.717) is 24.5 Å². The van der Waals surface area contributed by atoms with E-state index in [1.807, 2.05) is 35.7 Å². The predicted octanol–water partition coefficient (Wildman–Crippen LogP) is 3.12. The highest BCUT2D eigenvalue weighted by atomic mass is 32.1. The van der Waals surface area contributed by atoms with E-state index in [1.54, 1.807) is 37.8 Å². The zero-order valence-corrected chi connectivity index (χ0v) is 16.1. The van der Waals surface area contributed by atoms with Gasteiger partial charge in [0, 0.05) is 24.5 Å². The lowest BCUT2D eigenvalue weighted by atomic mass is 10.1. The summed E-state index contributed by atoms with van der Waals surface area (Å²) in [5.74, 6) is 1.23. The van der Waals surface area contributed by atoms with Gasteiger partial charge in [-0.15, -0.1) is 11.3 Å². The smallest absolute Gasteiger partial charge is 0.224 e.